The monoisotopic (exact) mass is 236 g/mol. The summed E-state index contributed by atoms with van der Waals surface area (Å²) in [6, 6.07) is 4.28. The van der Waals surface area contributed by atoms with Crippen molar-refractivity contribution in [3.8, 4) is 11.5 Å². The number of nitrogens with one attached hydrogen (secondary N) is 1. The minimum absolute atomic E-state index is 0.153. The number of hydrazone groups is 1. The van der Waals surface area contributed by atoms with Gasteiger partial charge in [-0.25, -0.2) is 5.43 Å². The second-order valence-corrected chi connectivity index (χ2v) is 4.14. The number of carbonyl (C=O) groups is 1. The summed E-state index contributed by atoms with van der Waals surface area (Å²) in [5.41, 5.74) is 2.97. The van der Waals surface area contributed by atoms with E-state index < -0.39 is 0 Å². The van der Waals surface area contributed by atoms with E-state index in [0.717, 1.165) is 0 Å². The van der Waals surface area contributed by atoms with Gasteiger partial charge in [0.15, 0.2) is 11.5 Å². The fourth-order valence-corrected chi connectivity index (χ4v) is 1.22. The van der Waals surface area contributed by atoms with Crippen LogP contribution in [-0.2, 0) is 4.79 Å². The van der Waals surface area contributed by atoms with Crippen molar-refractivity contribution in [2.45, 2.75) is 20.3 Å². The zero-order valence-corrected chi connectivity index (χ0v) is 9.84. The third-order valence-corrected chi connectivity index (χ3v) is 2.00. The molecule has 0 atom stereocenters. The summed E-state index contributed by atoms with van der Waals surface area (Å²) in [5, 5.41) is 22.1. The summed E-state index contributed by atoms with van der Waals surface area (Å²) in [6.07, 6.45) is 1.82. The molecule has 3 N–H and O–H groups in total. The van der Waals surface area contributed by atoms with Gasteiger partial charge in [0.2, 0.25) is 5.91 Å². The van der Waals surface area contributed by atoms with Crippen LogP contribution in [0.3, 0.4) is 0 Å². The molecule has 0 spiro atoms. The Morgan fingerprint density at radius 1 is 1.41 bits per heavy atom. The minimum atomic E-state index is -0.220. The number of benzene rings is 1. The Morgan fingerprint density at radius 3 is 2.71 bits per heavy atom. The summed E-state index contributed by atoms with van der Waals surface area (Å²) in [4.78, 5) is 11.3. The maximum absolute atomic E-state index is 11.3. The first-order valence-electron chi connectivity index (χ1n) is 5.33. The van der Waals surface area contributed by atoms with Crippen molar-refractivity contribution in [1.82, 2.24) is 5.43 Å². The van der Waals surface area contributed by atoms with Crippen LogP contribution in [0.25, 0.3) is 0 Å². The highest BCUT2D eigenvalue weighted by Gasteiger charge is 2.02. The highest BCUT2D eigenvalue weighted by molar-refractivity contribution is 5.83. The molecular weight excluding hydrogens is 220 g/mol. The van der Waals surface area contributed by atoms with Crippen molar-refractivity contribution in [2.75, 3.05) is 0 Å². The molecule has 0 saturated carbocycles. The SMILES string of the molecule is CC(C)CC(=O)N/N=C/c1ccc(O)c(O)c1. The van der Waals surface area contributed by atoms with Crippen LogP contribution in [0.2, 0.25) is 0 Å². The van der Waals surface area contributed by atoms with E-state index in [4.69, 9.17) is 5.11 Å². The molecule has 0 fully saturated rings. The van der Waals surface area contributed by atoms with Gasteiger partial charge in [0, 0.05) is 6.42 Å². The Hall–Kier alpha value is -2.04. The fourth-order valence-electron chi connectivity index (χ4n) is 1.22. The largest absolute Gasteiger partial charge is 0.504 e. The Kier molecular flexibility index (Phi) is 4.51. The number of aromatic hydroxyl groups is 2. The molecule has 0 heterocycles. The topological polar surface area (TPSA) is 81.9 Å². The Bertz CT molecular complexity index is 428. The summed E-state index contributed by atoms with van der Waals surface area (Å²) in [7, 11) is 0. The Balaban J connectivity index is 2.53. The number of phenols is 2. The van der Waals surface area contributed by atoms with Crippen LogP contribution in [0.15, 0.2) is 23.3 Å². The molecule has 5 nitrogen and oxygen atoms in total. The lowest BCUT2D eigenvalue weighted by atomic mass is 10.1. The lowest BCUT2D eigenvalue weighted by Crippen LogP contribution is -2.19. The lowest BCUT2D eigenvalue weighted by Gasteiger charge is -2.02. The van der Waals surface area contributed by atoms with E-state index >= 15 is 0 Å². The highest BCUT2D eigenvalue weighted by Crippen LogP contribution is 2.23. The first kappa shape index (κ1) is 13.0. The molecule has 92 valence electrons. The van der Waals surface area contributed by atoms with Gasteiger partial charge in [0.1, 0.15) is 0 Å². The van der Waals surface area contributed by atoms with Crippen LogP contribution in [0.5, 0.6) is 11.5 Å². The van der Waals surface area contributed by atoms with Gasteiger partial charge in [-0.15, -0.1) is 0 Å². The summed E-state index contributed by atoms with van der Waals surface area (Å²) >= 11 is 0. The Morgan fingerprint density at radius 2 is 2.12 bits per heavy atom. The molecule has 1 aromatic rings. The van der Waals surface area contributed by atoms with Gasteiger partial charge >= 0.3 is 0 Å². The number of phenolic OH excluding ortho intramolecular Hbond substituents is 2. The van der Waals surface area contributed by atoms with Crippen LogP contribution >= 0.6 is 0 Å². The number of carbonyl (C=O) groups excluding carboxylic acids is 1. The normalized spacial score (nSPS) is 11.0. The Labute approximate surface area is 99.8 Å². The lowest BCUT2D eigenvalue weighted by molar-refractivity contribution is -0.121. The van der Waals surface area contributed by atoms with Crippen LogP contribution in [0, 0.1) is 5.92 Å². The second-order valence-electron chi connectivity index (χ2n) is 4.14. The summed E-state index contributed by atoms with van der Waals surface area (Å²) in [6.45, 7) is 3.89. The zero-order valence-electron chi connectivity index (χ0n) is 9.84. The van der Waals surface area contributed by atoms with E-state index in [9.17, 15) is 9.90 Å². The molecule has 17 heavy (non-hydrogen) atoms. The molecule has 5 heteroatoms. The standard InChI is InChI=1S/C12H16N2O3/c1-8(2)5-12(17)14-13-7-9-3-4-10(15)11(16)6-9/h3-4,6-8,15-16H,5H2,1-2H3,(H,14,17)/b13-7+. The van der Waals surface area contributed by atoms with Crippen molar-refractivity contribution in [1.29, 1.82) is 0 Å². The highest BCUT2D eigenvalue weighted by atomic mass is 16.3. The van der Waals surface area contributed by atoms with Gasteiger partial charge in [-0.2, -0.15) is 5.10 Å². The van der Waals surface area contributed by atoms with Crippen molar-refractivity contribution in [3.05, 3.63) is 23.8 Å². The zero-order chi connectivity index (χ0) is 12.8. The molecule has 1 amide bonds. The van der Waals surface area contributed by atoms with E-state index in [-0.39, 0.29) is 23.3 Å². The average Bonchev–Trinajstić information content (AvgIpc) is 2.22. The molecule has 0 aliphatic carbocycles. The number of hydrogen-bond acceptors (Lipinski definition) is 4. The van der Waals surface area contributed by atoms with Crippen LogP contribution in [0.1, 0.15) is 25.8 Å². The fraction of sp³-hybridized carbons (Fsp3) is 0.333. The summed E-state index contributed by atoms with van der Waals surface area (Å²) < 4.78 is 0. The van der Waals surface area contributed by atoms with E-state index in [1.807, 2.05) is 13.8 Å². The smallest absolute Gasteiger partial charge is 0.240 e. The van der Waals surface area contributed by atoms with Gasteiger partial charge < -0.3 is 10.2 Å². The van der Waals surface area contributed by atoms with E-state index in [0.29, 0.717) is 12.0 Å². The van der Waals surface area contributed by atoms with E-state index in [1.165, 1.54) is 18.3 Å². The number of nitrogens with zero attached hydrogens (tertiary/aromatic N) is 1. The van der Waals surface area contributed by atoms with Crippen LogP contribution in [-0.4, -0.2) is 22.3 Å². The first-order chi connectivity index (χ1) is 7.99. The molecular formula is C12H16N2O3. The van der Waals surface area contributed by atoms with Crippen LogP contribution < -0.4 is 5.43 Å². The number of hydrogen-bond donors (Lipinski definition) is 3. The van der Waals surface area contributed by atoms with Crippen molar-refractivity contribution in [3.63, 3.8) is 0 Å². The van der Waals surface area contributed by atoms with Crippen LogP contribution in [0.4, 0.5) is 0 Å². The quantitative estimate of drug-likeness (QED) is 0.422. The summed E-state index contributed by atoms with van der Waals surface area (Å²) in [5.74, 6) is -0.282. The minimum Gasteiger partial charge on any atom is -0.504 e. The third kappa shape index (κ3) is 4.55. The van der Waals surface area contributed by atoms with Gasteiger partial charge in [-0.3, -0.25) is 4.79 Å². The first-order valence-corrected chi connectivity index (χ1v) is 5.33. The molecule has 0 unspecified atom stereocenters. The molecule has 0 radical (unpaired) electrons. The van der Waals surface area contributed by atoms with Gasteiger partial charge in [-0.05, 0) is 29.7 Å². The molecule has 1 aromatic carbocycles. The maximum Gasteiger partial charge on any atom is 0.240 e. The predicted molar refractivity (Wildman–Crippen MR) is 65.0 cm³/mol. The van der Waals surface area contributed by atoms with Gasteiger partial charge in [-0.1, -0.05) is 13.8 Å². The van der Waals surface area contributed by atoms with Crippen molar-refractivity contribution < 1.29 is 15.0 Å². The molecule has 0 aliphatic heterocycles. The number of rotatable bonds is 4. The third-order valence-electron chi connectivity index (χ3n) is 2.00. The molecule has 0 aliphatic rings. The van der Waals surface area contributed by atoms with Crippen molar-refractivity contribution in [2.24, 2.45) is 11.0 Å². The molecule has 0 bridgehead atoms. The molecule has 1 rings (SSSR count). The average molecular weight is 236 g/mol. The molecule has 0 saturated heterocycles. The second kappa shape index (κ2) is 5.89. The van der Waals surface area contributed by atoms with Crippen molar-refractivity contribution >= 4 is 12.1 Å². The van der Waals surface area contributed by atoms with Gasteiger partial charge in [0.25, 0.3) is 0 Å². The van der Waals surface area contributed by atoms with E-state index in [2.05, 4.69) is 10.5 Å². The van der Waals surface area contributed by atoms with Gasteiger partial charge in [0.05, 0.1) is 6.21 Å². The maximum atomic E-state index is 11.3. The predicted octanol–water partition coefficient (Wildman–Crippen LogP) is 1.59. The van der Waals surface area contributed by atoms with E-state index in [1.54, 1.807) is 6.07 Å². The molecule has 0 aromatic heterocycles. The number of amides is 1.